The van der Waals surface area contributed by atoms with Crippen LogP contribution in [-0.2, 0) is 0 Å². The quantitative estimate of drug-likeness (QED) is 0.176. The minimum atomic E-state index is 0.647. The zero-order valence-corrected chi connectivity index (χ0v) is 32.0. The van der Waals surface area contributed by atoms with Crippen molar-refractivity contribution >= 4 is 74.9 Å². The van der Waals surface area contributed by atoms with Crippen molar-refractivity contribution in [1.29, 1.82) is 0 Å². The van der Waals surface area contributed by atoms with Crippen molar-refractivity contribution in [2.24, 2.45) is 0 Å². The Balaban J connectivity index is 1.04. The standard InChI is InChI=1S/C53H32N4S/c1-3-12-33(13-4-1)34-22-24-37(25-23-34)52-54-51(36-15-5-2-6-16-36)55-53(56-52)40-26-28-42-48(32-40)58-47-21-11-20-44(50(42)47)57-45-29-27-35-14-9-10-19-41(35)49(45)43-30-38-17-7-8-18-39(38)31-46(43)57/h1-32H. The van der Waals surface area contributed by atoms with Crippen LogP contribution < -0.4 is 0 Å². The molecule has 3 aromatic heterocycles. The molecule has 0 aliphatic carbocycles. The molecule has 0 N–H and O–H groups in total. The topological polar surface area (TPSA) is 43.6 Å². The zero-order chi connectivity index (χ0) is 38.2. The third kappa shape index (κ3) is 5.25. The number of nitrogens with zero attached hydrogens (tertiary/aromatic N) is 4. The average molecular weight is 757 g/mol. The van der Waals surface area contributed by atoms with E-state index in [0.717, 1.165) is 22.3 Å². The summed E-state index contributed by atoms with van der Waals surface area (Å²) in [4.78, 5) is 15.2. The van der Waals surface area contributed by atoms with E-state index in [2.05, 4.69) is 174 Å². The fraction of sp³-hybridized carbons (Fsp3) is 0. The number of aromatic nitrogens is 4. The van der Waals surface area contributed by atoms with Crippen molar-refractivity contribution < 1.29 is 0 Å². The number of fused-ring (bicyclic) bond motifs is 9. The first-order chi connectivity index (χ1) is 28.7. The number of hydrogen-bond acceptors (Lipinski definition) is 4. The van der Waals surface area contributed by atoms with Crippen LogP contribution in [0.2, 0.25) is 0 Å². The van der Waals surface area contributed by atoms with Gasteiger partial charge in [0.25, 0.3) is 0 Å². The Bertz CT molecular complexity index is 3550. The maximum Gasteiger partial charge on any atom is 0.164 e. The van der Waals surface area contributed by atoms with E-state index < -0.39 is 0 Å². The van der Waals surface area contributed by atoms with Gasteiger partial charge >= 0.3 is 0 Å². The minimum Gasteiger partial charge on any atom is -0.309 e. The fourth-order valence-corrected chi connectivity index (χ4v) is 9.82. The molecule has 0 saturated carbocycles. The third-order valence-electron chi connectivity index (χ3n) is 11.4. The van der Waals surface area contributed by atoms with Gasteiger partial charge in [-0.3, -0.25) is 0 Å². The molecule has 4 nitrogen and oxygen atoms in total. The highest BCUT2D eigenvalue weighted by Gasteiger charge is 2.20. The van der Waals surface area contributed by atoms with Gasteiger partial charge in [0.2, 0.25) is 0 Å². The van der Waals surface area contributed by atoms with Crippen LogP contribution in [0.1, 0.15) is 0 Å². The second-order valence-corrected chi connectivity index (χ2v) is 15.9. The predicted molar refractivity (Wildman–Crippen MR) is 244 cm³/mol. The molecule has 0 saturated heterocycles. The molecule has 0 aliphatic rings. The maximum absolute atomic E-state index is 5.12. The predicted octanol–water partition coefficient (Wildman–Crippen LogP) is 14.3. The zero-order valence-electron chi connectivity index (χ0n) is 31.2. The Morgan fingerprint density at radius 2 is 0.914 bits per heavy atom. The van der Waals surface area contributed by atoms with Crippen LogP contribution in [-0.4, -0.2) is 19.5 Å². The summed E-state index contributed by atoms with van der Waals surface area (Å²) < 4.78 is 4.91. The molecule has 0 unspecified atom stereocenters. The number of hydrogen-bond donors (Lipinski definition) is 0. The van der Waals surface area contributed by atoms with Gasteiger partial charge in [-0.1, -0.05) is 158 Å². The first-order valence-electron chi connectivity index (χ1n) is 19.5. The van der Waals surface area contributed by atoms with Gasteiger partial charge in [-0.25, -0.2) is 15.0 Å². The highest BCUT2D eigenvalue weighted by molar-refractivity contribution is 7.26. The molecule has 0 spiro atoms. The van der Waals surface area contributed by atoms with Gasteiger partial charge in [0.05, 0.1) is 16.7 Å². The van der Waals surface area contributed by atoms with Crippen LogP contribution in [0.5, 0.6) is 0 Å². The lowest BCUT2D eigenvalue weighted by molar-refractivity contribution is 1.07. The molecular formula is C53H32N4S. The first-order valence-corrected chi connectivity index (χ1v) is 20.3. The molecule has 0 bridgehead atoms. The molecule has 0 fully saturated rings. The van der Waals surface area contributed by atoms with Crippen LogP contribution in [0, 0.1) is 0 Å². The van der Waals surface area contributed by atoms with Crippen molar-refractivity contribution in [3.63, 3.8) is 0 Å². The Hall–Kier alpha value is -7.47. The molecule has 5 heteroatoms. The van der Waals surface area contributed by atoms with E-state index in [0.29, 0.717) is 17.5 Å². The SMILES string of the molecule is c1ccc(-c2ccc(-c3nc(-c4ccccc4)nc(-c4ccc5c(c4)sc4cccc(-n6c7cc8ccccc8cc7c7c8ccccc8ccc76)c45)n3)cc2)cc1. The molecule has 3 heterocycles. The van der Waals surface area contributed by atoms with E-state index in [1.807, 2.05) is 35.6 Å². The van der Waals surface area contributed by atoms with E-state index in [9.17, 15) is 0 Å². The summed E-state index contributed by atoms with van der Waals surface area (Å²) in [5, 5.41) is 9.99. The lowest BCUT2D eigenvalue weighted by Gasteiger charge is -2.11. The highest BCUT2D eigenvalue weighted by atomic mass is 32.1. The van der Waals surface area contributed by atoms with Crippen LogP contribution in [0.4, 0.5) is 0 Å². The summed E-state index contributed by atoms with van der Waals surface area (Å²) in [6, 6.07) is 69.2. The van der Waals surface area contributed by atoms with Crippen LogP contribution in [0.3, 0.4) is 0 Å². The second kappa shape index (κ2) is 13.1. The van der Waals surface area contributed by atoms with Crippen molar-refractivity contribution in [1.82, 2.24) is 19.5 Å². The van der Waals surface area contributed by atoms with Gasteiger partial charge in [-0.2, -0.15) is 0 Å². The smallest absolute Gasteiger partial charge is 0.164 e. The summed E-state index contributed by atoms with van der Waals surface area (Å²) in [6.45, 7) is 0. The molecule has 0 amide bonds. The summed E-state index contributed by atoms with van der Waals surface area (Å²) in [5.74, 6) is 1.95. The van der Waals surface area contributed by atoms with Crippen LogP contribution >= 0.6 is 11.3 Å². The lowest BCUT2D eigenvalue weighted by atomic mass is 10.0. The molecule has 9 aromatic carbocycles. The van der Waals surface area contributed by atoms with Crippen LogP contribution in [0.25, 0.3) is 115 Å². The number of rotatable bonds is 5. The number of thiophene rings is 1. The van der Waals surface area contributed by atoms with Gasteiger partial charge in [0.1, 0.15) is 0 Å². The van der Waals surface area contributed by atoms with E-state index in [1.165, 1.54) is 74.8 Å². The first kappa shape index (κ1) is 32.7. The normalized spacial score (nSPS) is 11.8. The van der Waals surface area contributed by atoms with Crippen molar-refractivity contribution in [2.75, 3.05) is 0 Å². The Labute approximate surface area is 338 Å². The second-order valence-electron chi connectivity index (χ2n) is 14.8. The van der Waals surface area contributed by atoms with Gasteiger partial charge in [-0.05, 0) is 69.1 Å². The largest absolute Gasteiger partial charge is 0.309 e. The fourth-order valence-electron chi connectivity index (χ4n) is 8.66. The summed E-state index contributed by atoms with van der Waals surface area (Å²) in [5.41, 5.74) is 8.76. The van der Waals surface area contributed by atoms with Crippen molar-refractivity contribution in [2.45, 2.75) is 0 Å². The summed E-state index contributed by atoms with van der Waals surface area (Å²) in [7, 11) is 0. The molecule has 58 heavy (non-hydrogen) atoms. The van der Waals surface area contributed by atoms with E-state index in [4.69, 9.17) is 15.0 Å². The van der Waals surface area contributed by atoms with E-state index in [-0.39, 0.29) is 0 Å². The molecule has 12 aromatic rings. The van der Waals surface area contributed by atoms with E-state index >= 15 is 0 Å². The summed E-state index contributed by atoms with van der Waals surface area (Å²) >= 11 is 1.81. The highest BCUT2D eigenvalue weighted by Crippen LogP contribution is 2.44. The maximum atomic E-state index is 5.12. The Morgan fingerprint density at radius 1 is 0.328 bits per heavy atom. The van der Waals surface area contributed by atoms with Crippen molar-refractivity contribution in [3.05, 3.63) is 194 Å². The summed E-state index contributed by atoms with van der Waals surface area (Å²) in [6.07, 6.45) is 0. The Morgan fingerprint density at radius 3 is 1.67 bits per heavy atom. The molecule has 270 valence electrons. The molecule has 0 aliphatic heterocycles. The van der Waals surface area contributed by atoms with Gasteiger partial charge in [0.15, 0.2) is 17.5 Å². The van der Waals surface area contributed by atoms with Gasteiger partial charge < -0.3 is 4.57 Å². The third-order valence-corrected chi connectivity index (χ3v) is 12.5. The van der Waals surface area contributed by atoms with Crippen LogP contribution in [0.15, 0.2) is 194 Å². The van der Waals surface area contributed by atoms with Crippen molar-refractivity contribution in [3.8, 4) is 51.0 Å². The van der Waals surface area contributed by atoms with Gasteiger partial charge in [-0.15, -0.1) is 11.3 Å². The molecule has 12 rings (SSSR count). The minimum absolute atomic E-state index is 0.647. The number of benzene rings is 9. The average Bonchev–Trinajstić information content (AvgIpc) is 3.84. The van der Waals surface area contributed by atoms with Gasteiger partial charge in [0, 0.05) is 47.6 Å². The molecular weight excluding hydrogens is 725 g/mol. The monoisotopic (exact) mass is 756 g/mol. The molecule has 0 atom stereocenters. The van der Waals surface area contributed by atoms with E-state index in [1.54, 1.807) is 0 Å². The Kier molecular flexibility index (Phi) is 7.37. The lowest BCUT2D eigenvalue weighted by Crippen LogP contribution is -2.00. The molecule has 0 radical (unpaired) electrons.